The van der Waals surface area contributed by atoms with Crippen molar-refractivity contribution >= 4 is 0 Å². The summed E-state index contributed by atoms with van der Waals surface area (Å²) in [7, 11) is 0. The SMILES string of the molecule is NCc1ccc(C2CCC(O)C2)cc1. The Morgan fingerprint density at radius 1 is 1.21 bits per heavy atom. The van der Waals surface area contributed by atoms with Crippen molar-refractivity contribution in [1.29, 1.82) is 0 Å². The molecule has 0 heterocycles. The first kappa shape index (κ1) is 9.69. The van der Waals surface area contributed by atoms with Gasteiger partial charge in [0.2, 0.25) is 0 Å². The zero-order valence-corrected chi connectivity index (χ0v) is 8.32. The zero-order valence-electron chi connectivity index (χ0n) is 8.32. The van der Waals surface area contributed by atoms with Crippen molar-refractivity contribution in [3.63, 3.8) is 0 Å². The van der Waals surface area contributed by atoms with Gasteiger partial charge in [0.25, 0.3) is 0 Å². The third-order valence-electron chi connectivity index (χ3n) is 3.09. The number of benzene rings is 1. The quantitative estimate of drug-likeness (QED) is 0.748. The van der Waals surface area contributed by atoms with Crippen LogP contribution >= 0.6 is 0 Å². The van der Waals surface area contributed by atoms with Gasteiger partial charge in [0.1, 0.15) is 0 Å². The molecule has 0 amide bonds. The summed E-state index contributed by atoms with van der Waals surface area (Å²) in [6.07, 6.45) is 2.89. The average Bonchev–Trinajstić information content (AvgIpc) is 2.65. The molecule has 0 aromatic heterocycles. The van der Waals surface area contributed by atoms with Crippen LogP contribution in [0.25, 0.3) is 0 Å². The fourth-order valence-electron chi connectivity index (χ4n) is 2.19. The largest absolute Gasteiger partial charge is 0.393 e. The Morgan fingerprint density at radius 3 is 2.43 bits per heavy atom. The number of hydrogen-bond acceptors (Lipinski definition) is 2. The van der Waals surface area contributed by atoms with Gasteiger partial charge in [0.15, 0.2) is 0 Å². The van der Waals surface area contributed by atoms with Crippen molar-refractivity contribution in [3.8, 4) is 0 Å². The van der Waals surface area contributed by atoms with Gasteiger partial charge in [-0.05, 0) is 36.3 Å². The van der Waals surface area contributed by atoms with Crippen LogP contribution in [0.1, 0.15) is 36.3 Å². The number of aliphatic hydroxyl groups is 1. The van der Waals surface area contributed by atoms with Crippen molar-refractivity contribution in [2.24, 2.45) is 5.73 Å². The topological polar surface area (TPSA) is 46.2 Å². The molecular weight excluding hydrogens is 174 g/mol. The lowest BCUT2D eigenvalue weighted by Crippen LogP contribution is -2.00. The van der Waals surface area contributed by atoms with E-state index in [0.29, 0.717) is 12.5 Å². The Hall–Kier alpha value is -0.860. The highest BCUT2D eigenvalue weighted by Gasteiger charge is 2.23. The molecule has 14 heavy (non-hydrogen) atoms. The summed E-state index contributed by atoms with van der Waals surface area (Å²) < 4.78 is 0. The molecule has 0 aliphatic heterocycles. The predicted octanol–water partition coefficient (Wildman–Crippen LogP) is 1.77. The van der Waals surface area contributed by atoms with Crippen molar-refractivity contribution in [2.75, 3.05) is 0 Å². The van der Waals surface area contributed by atoms with Gasteiger partial charge in [0, 0.05) is 6.54 Å². The normalized spacial score (nSPS) is 26.7. The molecule has 0 saturated heterocycles. The van der Waals surface area contributed by atoms with Crippen molar-refractivity contribution in [1.82, 2.24) is 0 Å². The minimum Gasteiger partial charge on any atom is -0.393 e. The Morgan fingerprint density at radius 2 is 1.93 bits per heavy atom. The van der Waals surface area contributed by atoms with E-state index in [4.69, 9.17) is 5.73 Å². The van der Waals surface area contributed by atoms with Crippen LogP contribution in [0, 0.1) is 0 Å². The summed E-state index contributed by atoms with van der Waals surface area (Å²) in [5.41, 5.74) is 8.05. The third-order valence-corrected chi connectivity index (χ3v) is 3.09. The van der Waals surface area contributed by atoms with E-state index in [-0.39, 0.29) is 6.10 Å². The van der Waals surface area contributed by atoms with E-state index >= 15 is 0 Å². The molecule has 1 aliphatic rings. The molecule has 3 N–H and O–H groups in total. The summed E-state index contributed by atoms with van der Waals surface area (Å²) in [6.45, 7) is 0.605. The van der Waals surface area contributed by atoms with Crippen LogP contribution < -0.4 is 5.73 Å². The number of nitrogens with two attached hydrogens (primary N) is 1. The minimum absolute atomic E-state index is 0.0887. The van der Waals surface area contributed by atoms with Crippen LogP contribution in [0.3, 0.4) is 0 Å². The third kappa shape index (κ3) is 1.97. The molecule has 1 aliphatic carbocycles. The molecule has 0 bridgehead atoms. The molecule has 2 atom stereocenters. The second kappa shape index (κ2) is 4.11. The fraction of sp³-hybridized carbons (Fsp3) is 0.500. The molecule has 1 saturated carbocycles. The van der Waals surface area contributed by atoms with Gasteiger partial charge in [-0.3, -0.25) is 0 Å². The lowest BCUT2D eigenvalue weighted by Gasteiger charge is -2.09. The lowest BCUT2D eigenvalue weighted by atomic mass is 9.96. The van der Waals surface area contributed by atoms with E-state index in [1.807, 2.05) is 0 Å². The standard InChI is InChI=1S/C12H17NO/c13-8-9-1-3-10(4-2-9)11-5-6-12(14)7-11/h1-4,11-12,14H,5-8,13H2. The van der Waals surface area contributed by atoms with Gasteiger partial charge in [-0.15, -0.1) is 0 Å². The molecule has 2 nitrogen and oxygen atoms in total. The van der Waals surface area contributed by atoms with Crippen LogP contribution in [-0.2, 0) is 6.54 Å². The maximum atomic E-state index is 9.44. The smallest absolute Gasteiger partial charge is 0.0546 e. The second-order valence-electron chi connectivity index (χ2n) is 4.11. The van der Waals surface area contributed by atoms with Gasteiger partial charge >= 0.3 is 0 Å². The van der Waals surface area contributed by atoms with Crippen molar-refractivity contribution < 1.29 is 5.11 Å². The van der Waals surface area contributed by atoms with Gasteiger partial charge in [0.05, 0.1) is 6.10 Å². The molecule has 2 heteroatoms. The van der Waals surface area contributed by atoms with E-state index in [0.717, 1.165) is 19.3 Å². The molecule has 1 aromatic rings. The predicted molar refractivity (Wildman–Crippen MR) is 56.9 cm³/mol. The highest BCUT2D eigenvalue weighted by Crippen LogP contribution is 2.34. The molecule has 76 valence electrons. The van der Waals surface area contributed by atoms with Crippen LogP contribution in [0.15, 0.2) is 24.3 Å². The number of rotatable bonds is 2. The Labute approximate surface area is 84.7 Å². The maximum absolute atomic E-state index is 9.44. The van der Waals surface area contributed by atoms with E-state index < -0.39 is 0 Å². The van der Waals surface area contributed by atoms with Gasteiger partial charge in [-0.2, -0.15) is 0 Å². The molecule has 0 radical (unpaired) electrons. The van der Waals surface area contributed by atoms with Crippen LogP contribution in [0.2, 0.25) is 0 Å². The Bertz CT molecular complexity index is 294. The summed E-state index contributed by atoms with van der Waals surface area (Å²) in [5, 5.41) is 9.44. The minimum atomic E-state index is -0.0887. The molecule has 1 fully saturated rings. The second-order valence-corrected chi connectivity index (χ2v) is 4.11. The molecule has 2 rings (SSSR count). The fourth-order valence-corrected chi connectivity index (χ4v) is 2.19. The summed E-state index contributed by atoms with van der Waals surface area (Å²) in [4.78, 5) is 0. The van der Waals surface area contributed by atoms with Gasteiger partial charge in [-0.25, -0.2) is 0 Å². The Kier molecular flexibility index (Phi) is 2.85. The van der Waals surface area contributed by atoms with Crippen molar-refractivity contribution in [3.05, 3.63) is 35.4 Å². The van der Waals surface area contributed by atoms with Gasteiger partial charge < -0.3 is 10.8 Å². The van der Waals surface area contributed by atoms with Crippen LogP contribution in [0.5, 0.6) is 0 Å². The summed E-state index contributed by atoms with van der Waals surface area (Å²) in [5.74, 6) is 0.553. The first-order chi connectivity index (χ1) is 6.79. The van der Waals surface area contributed by atoms with Crippen LogP contribution in [-0.4, -0.2) is 11.2 Å². The highest BCUT2D eigenvalue weighted by molar-refractivity contribution is 5.26. The first-order valence-corrected chi connectivity index (χ1v) is 5.26. The van der Waals surface area contributed by atoms with Crippen LogP contribution in [0.4, 0.5) is 0 Å². The Balaban J connectivity index is 2.09. The number of aliphatic hydroxyl groups excluding tert-OH is 1. The monoisotopic (exact) mass is 191 g/mol. The lowest BCUT2D eigenvalue weighted by molar-refractivity contribution is 0.181. The van der Waals surface area contributed by atoms with Gasteiger partial charge in [-0.1, -0.05) is 24.3 Å². The average molecular weight is 191 g/mol. The van der Waals surface area contributed by atoms with E-state index in [1.54, 1.807) is 0 Å². The zero-order chi connectivity index (χ0) is 9.97. The van der Waals surface area contributed by atoms with E-state index in [2.05, 4.69) is 24.3 Å². The molecule has 1 aromatic carbocycles. The summed E-state index contributed by atoms with van der Waals surface area (Å²) in [6, 6.07) is 8.45. The van der Waals surface area contributed by atoms with E-state index in [1.165, 1.54) is 11.1 Å². The summed E-state index contributed by atoms with van der Waals surface area (Å²) >= 11 is 0. The number of hydrogen-bond donors (Lipinski definition) is 2. The molecule has 0 spiro atoms. The first-order valence-electron chi connectivity index (χ1n) is 5.26. The van der Waals surface area contributed by atoms with E-state index in [9.17, 15) is 5.11 Å². The molecular formula is C12H17NO. The highest BCUT2D eigenvalue weighted by atomic mass is 16.3. The molecule has 2 unspecified atom stereocenters. The van der Waals surface area contributed by atoms with Crippen molar-refractivity contribution in [2.45, 2.75) is 37.8 Å². The maximum Gasteiger partial charge on any atom is 0.0546 e.